The number of unbranched alkanes of at least 4 members (excludes halogenated alkanes) is 1. The Morgan fingerprint density at radius 3 is 2.48 bits per heavy atom. The molecule has 0 unspecified atom stereocenters. The van der Waals surface area contributed by atoms with E-state index in [0.717, 1.165) is 76.4 Å². The van der Waals surface area contributed by atoms with Gasteiger partial charge < -0.3 is 9.72 Å². The minimum atomic E-state index is 0.743. The van der Waals surface area contributed by atoms with Gasteiger partial charge in [0, 0.05) is 40.7 Å². The maximum atomic E-state index is 5.56. The van der Waals surface area contributed by atoms with Crippen LogP contribution in [0.5, 0.6) is 5.75 Å². The molecule has 0 saturated carbocycles. The molecule has 29 heavy (non-hydrogen) atoms. The van der Waals surface area contributed by atoms with Crippen molar-refractivity contribution in [2.24, 2.45) is 0 Å². The van der Waals surface area contributed by atoms with Crippen LogP contribution >= 0.6 is 0 Å². The van der Waals surface area contributed by atoms with Crippen LogP contribution in [0.1, 0.15) is 42.5 Å². The topological polar surface area (TPSA) is 50.8 Å². The van der Waals surface area contributed by atoms with Gasteiger partial charge in [-0.05, 0) is 19.4 Å². The second-order valence-corrected chi connectivity index (χ2v) is 7.40. The number of methoxy groups -OCH3 is 1. The standard InChI is InChI=1S/C25H27N3O/c1-4-5-15-22-27-24(18-11-7-6-8-12-18)23-17(2)26-20(25(23)28-22)16-19-13-9-10-14-21(19)29-3/h6-14,26H,4-5,15-16H2,1-3H3. The van der Waals surface area contributed by atoms with Crippen molar-refractivity contribution >= 4 is 10.9 Å². The van der Waals surface area contributed by atoms with Crippen molar-refractivity contribution in [3.05, 3.63) is 77.4 Å². The number of H-pyrrole nitrogens is 1. The second-order valence-electron chi connectivity index (χ2n) is 7.40. The van der Waals surface area contributed by atoms with Crippen molar-refractivity contribution in [2.75, 3.05) is 7.11 Å². The summed E-state index contributed by atoms with van der Waals surface area (Å²) < 4.78 is 5.56. The molecule has 0 amide bonds. The summed E-state index contributed by atoms with van der Waals surface area (Å²) in [5.74, 6) is 1.81. The van der Waals surface area contributed by atoms with Crippen LogP contribution in [-0.2, 0) is 12.8 Å². The summed E-state index contributed by atoms with van der Waals surface area (Å²) in [5, 5.41) is 1.11. The molecule has 0 atom stereocenters. The van der Waals surface area contributed by atoms with Gasteiger partial charge in [0.15, 0.2) is 0 Å². The number of aromatic nitrogens is 3. The summed E-state index contributed by atoms with van der Waals surface area (Å²) in [7, 11) is 1.72. The molecule has 0 aliphatic carbocycles. The van der Waals surface area contributed by atoms with Crippen molar-refractivity contribution in [1.29, 1.82) is 0 Å². The van der Waals surface area contributed by atoms with E-state index in [-0.39, 0.29) is 0 Å². The highest BCUT2D eigenvalue weighted by molar-refractivity contribution is 5.96. The van der Waals surface area contributed by atoms with Crippen LogP contribution < -0.4 is 4.74 Å². The zero-order chi connectivity index (χ0) is 20.2. The summed E-state index contributed by atoms with van der Waals surface area (Å²) in [5.41, 5.74) is 6.52. The molecule has 0 saturated heterocycles. The first kappa shape index (κ1) is 19.2. The maximum absolute atomic E-state index is 5.56. The number of aromatic amines is 1. The summed E-state index contributed by atoms with van der Waals surface area (Å²) in [6.45, 7) is 4.31. The zero-order valence-corrected chi connectivity index (χ0v) is 17.3. The number of nitrogens with one attached hydrogen (secondary N) is 1. The minimum Gasteiger partial charge on any atom is -0.496 e. The van der Waals surface area contributed by atoms with E-state index in [1.807, 2.05) is 24.3 Å². The lowest BCUT2D eigenvalue weighted by Crippen LogP contribution is -2.00. The summed E-state index contributed by atoms with van der Waals surface area (Å²) in [6, 6.07) is 18.6. The smallest absolute Gasteiger partial charge is 0.129 e. The molecule has 0 spiro atoms. The number of para-hydroxylation sites is 1. The predicted molar refractivity (Wildman–Crippen MR) is 118 cm³/mol. The molecule has 1 N–H and O–H groups in total. The monoisotopic (exact) mass is 385 g/mol. The highest BCUT2D eigenvalue weighted by Gasteiger charge is 2.18. The van der Waals surface area contributed by atoms with Crippen molar-refractivity contribution in [1.82, 2.24) is 15.0 Å². The highest BCUT2D eigenvalue weighted by atomic mass is 16.5. The van der Waals surface area contributed by atoms with E-state index in [1.54, 1.807) is 7.11 Å². The van der Waals surface area contributed by atoms with Crippen LogP contribution in [0.3, 0.4) is 0 Å². The first-order chi connectivity index (χ1) is 14.2. The Bertz CT molecular complexity index is 1120. The number of benzene rings is 2. The van der Waals surface area contributed by atoms with Gasteiger partial charge in [0.05, 0.1) is 18.3 Å². The number of nitrogens with zero attached hydrogens (tertiary/aromatic N) is 2. The molecule has 0 bridgehead atoms. The Kier molecular flexibility index (Phi) is 5.61. The fourth-order valence-electron chi connectivity index (χ4n) is 3.85. The molecule has 4 rings (SSSR count). The largest absolute Gasteiger partial charge is 0.496 e. The molecule has 2 aromatic carbocycles. The molecule has 0 aliphatic heterocycles. The molecule has 4 heteroatoms. The van der Waals surface area contributed by atoms with Gasteiger partial charge in [-0.25, -0.2) is 9.97 Å². The third kappa shape index (κ3) is 3.88. The van der Waals surface area contributed by atoms with Crippen molar-refractivity contribution in [2.45, 2.75) is 39.5 Å². The number of aryl methyl sites for hydroxylation is 2. The predicted octanol–water partition coefficient (Wildman–Crippen LogP) is 5.88. The Hall–Kier alpha value is -3.14. The van der Waals surface area contributed by atoms with Gasteiger partial charge in [0.2, 0.25) is 0 Å². The third-order valence-corrected chi connectivity index (χ3v) is 5.32. The molecule has 0 aliphatic rings. The van der Waals surface area contributed by atoms with Gasteiger partial charge in [-0.15, -0.1) is 0 Å². The average Bonchev–Trinajstić information content (AvgIpc) is 3.08. The van der Waals surface area contributed by atoms with Gasteiger partial charge in [-0.3, -0.25) is 0 Å². The van der Waals surface area contributed by atoms with E-state index < -0.39 is 0 Å². The summed E-state index contributed by atoms with van der Waals surface area (Å²) >= 11 is 0. The molecule has 0 fully saturated rings. The van der Waals surface area contributed by atoms with E-state index in [9.17, 15) is 0 Å². The lowest BCUT2D eigenvalue weighted by atomic mass is 10.0. The maximum Gasteiger partial charge on any atom is 0.129 e. The molecule has 2 heterocycles. The number of hydrogen-bond acceptors (Lipinski definition) is 3. The SMILES string of the molecule is CCCCc1nc(-c2ccccc2)c2c(C)[nH]c(Cc3ccccc3OC)c2n1. The fourth-order valence-corrected chi connectivity index (χ4v) is 3.85. The van der Waals surface area contributed by atoms with Crippen LogP contribution in [0.4, 0.5) is 0 Å². The second kappa shape index (κ2) is 8.48. The Labute approximate surface area is 172 Å². The lowest BCUT2D eigenvalue weighted by molar-refractivity contribution is 0.410. The highest BCUT2D eigenvalue weighted by Crippen LogP contribution is 2.33. The van der Waals surface area contributed by atoms with Gasteiger partial charge >= 0.3 is 0 Å². The van der Waals surface area contributed by atoms with E-state index in [4.69, 9.17) is 14.7 Å². The number of ether oxygens (including phenoxy) is 1. The van der Waals surface area contributed by atoms with Crippen molar-refractivity contribution in [3.8, 4) is 17.0 Å². The normalized spacial score (nSPS) is 11.1. The van der Waals surface area contributed by atoms with Gasteiger partial charge in [0.25, 0.3) is 0 Å². The Balaban J connectivity index is 1.88. The van der Waals surface area contributed by atoms with Crippen LogP contribution in [0, 0.1) is 6.92 Å². The van der Waals surface area contributed by atoms with Crippen molar-refractivity contribution < 1.29 is 4.74 Å². The summed E-state index contributed by atoms with van der Waals surface area (Å²) in [6.07, 6.45) is 3.85. The quantitative estimate of drug-likeness (QED) is 0.432. The van der Waals surface area contributed by atoms with E-state index >= 15 is 0 Å². The van der Waals surface area contributed by atoms with Crippen LogP contribution in [0.2, 0.25) is 0 Å². The minimum absolute atomic E-state index is 0.743. The molecular weight excluding hydrogens is 358 g/mol. The van der Waals surface area contributed by atoms with Crippen LogP contribution in [-0.4, -0.2) is 22.1 Å². The summed E-state index contributed by atoms with van der Waals surface area (Å²) in [4.78, 5) is 13.5. The first-order valence-electron chi connectivity index (χ1n) is 10.3. The first-order valence-corrected chi connectivity index (χ1v) is 10.3. The fraction of sp³-hybridized carbons (Fsp3) is 0.280. The Morgan fingerprint density at radius 1 is 0.966 bits per heavy atom. The molecule has 4 nitrogen and oxygen atoms in total. The van der Waals surface area contributed by atoms with Crippen LogP contribution in [0.25, 0.3) is 22.2 Å². The van der Waals surface area contributed by atoms with Gasteiger partial charge in [-0.1, -0.05) is 61.9 Å². The lowest BCUT2D eigenvalue weighted by Gasteiger charge is -2.09. The molecular formula is C25H27N3O. The number of rotatable bonds is 7. The van der Waals surface area contributed by atoms with Gasteiger partial charge in [-0.2, -0.15) is 0 Å². The molecule has 0 radical (unpaired) electrons. The molecule has 4 aromatic rings. The molecule has 2 aromatic heterocycles. The van der Waals surface area contributed by atoms with Crippen LogP contribution in [0.15, 0.2) is 54.6 Å². The van der Waals surface area contributed by atoms with E-state index in [2.05, 4.69) is 49.2 Å². The van der Waals surface area contributed by atoms with E-state index in [1.165, 1.54) is 0 Å². The third-order valence-electron chi connectivity index (χ3n) is 5.32. The molecule has 148 valence electrons. The van der Waals surface area contributed by atoms with Crippen molar-refractivity contribution in [3.63, 3.8) is 0 Å². The number of hydrogen-bond donors (Lipinski definition) is 1. The Morgan fingerprint density at radius 2 is 1.72 bits per heavy atom. The zero-order valence-electron chi connectivity index (χ0n) is 17.3. The van der Waals surface area contributed by atoms with Gasteiger partial charge in [0.1, 0.15) is 11.6 Å². The van der Waals surface area contributed by atoms with E-state index in [0.29, 0.717) is 0 Å². The number of fused-ring (bicyclic) bond motifs is 1. The average molecular weight is 386 g/mol.